The zero-order valence-corrected chi connectivity index (χ0v) is 10.2. The molecule has 0 radical (unpaired) electrons. The van der Waals surface area contributed by atoms with E-state index in [9.17, 15) is 0 Å². The quantitative estimate of drug-likeness (QED) is 0.762. The first-order valence-electron chi connectivity index (χ1n) is 6.01. The smallest absolute Gasteiger partial charge is 0.111 e. The van der Waals surface area contributed by atoms with Crippen molar-refractivity contribution in [1.29, 1.82) is 0 Å². The molecule has 0 spiro atoms. The van der Waals surface area contributed by atoms with Gasteiger partial charge in [-0.15, -0.1) is 0 Å². The van der Waals surface area contributed by atoms with E-state index in [1.165, 1.54) is 0 Å². The summed E-state index contributed by atoms with van der Waals surface area (Å²) in [4.78, 5) is 7.56. The maximum Gasteiger partial charge on any atom is 0.111 e. The molecule has 0 saturated heterocycles. The van der Waals surface area contributed by atoms with E-state index in [1.807, 2.05) is 35.1 Å². The summed E-state index contributed by atoms with van der Waals surface area (Å²) < 4.78 is 1.91. The molecule has 90 valence electrons. The minimum atomic E-state index is 0.870. The van der Waals surface area contributed by atoms with Crippen molar-refractivity contribution in [1.82, 2.24) is 19.7 Å². The molecule has 0 aliphatic carbocycles. The third-order valence-electron chi connectivity index (χ3n) is 2.91. The van der Waals surface area contributed by atoms with Crippen molar-refractivity contribution < 1.29 is 0 Å². The summed E-state index contributed by atoms with van der Waals surface area (Å²) in [6.07, 6.45) is 3.69. The van der Waals surface area contributed by atoms with Crippen LogP contribution in [0.3, 0.4) is 0 Å². The monoisotopic (exact) mass is 238 g/mol. The summed E-state index contributed by atoms with van der Waals surface area (Å²) in [5, 5.41) is 4.50. The van der Waals surface area contributed by atoms with Crippen LogP contribution in [0.25, 0.3) is 22.6 Å². The number of rotatable bonds is 3. The summed E-state index contributed by atoms with van der Waals surface area (Å²) in [6.45, 7) is 2.94. The van der Waals surface area contributed by atoms with Gasteiger partial charge in [-0.2, -0.15) is 5.10 Å². The van der Waals surface area contributed by atoms with Crippen LogP contribution in [0.4, 0.5) is 0 Å². The molecule has 0 atom stereocenters. The summed E-state index contributed by atoms with van der Waals surface area (Å²) in [5.74, 6) is 0. The molecule has 0 aliphatic heterocycles. The van der Waals surface area contributed by atoms with E-state index in [2.05, 4.69) is 34.1 Å². The van der Waals surface area contributed by atoms with Gasteiger partial charge >= 0.3 is 0 Å². The molecule has 3 aromatic rings. The van der Waals surface area contributed by atoms with Crippen molar-refractivity contribution in [3.05, 3.63) is 48.9 Å². The zero-order valence-electron chi connectivity index (χ0n) is 10.2. The third-order valence-corrected chi connectivity index (χ3v) is 2.91. The third kappa shape index (κ3) is 1.82. The van der Waals surface area contributed by atoms with E-state index in [1.54, 1.807) is 6.33 Å². The van der Waals surface area contributed by atoms with Crippen LogP contribution < -0.4 is 0 Å². The minimum absolute atomic E-state index is 0.870. The molecular formula is C14H14N4. The Hall–Kier alpha value is -2.36. The molecule has 0 saturated carbocycles. The second-order valence-corrected chi connectivity index (χ2v) is 4.05. The number of benzene rings is 1. The fourth-order valence-corrected chi connectivity index (χ4v) is 1.98. The second-order valence-electron chi connectivity index (χ2n) is 4.05. The lowest BCUT2D eigenvalue weighted by Gasteiger charge is -2.00. The van der Waals surface area contributed by atoms with Crippen LogP contribution >= 0.6 is 0 Å². The Morgan fingerprint density at radius 3 is 2.72 bits per heavy atom. The normalized spacial score (nSPS) is 10.7. The van der Waals surface area contributed by atoms with Gasteiger partial charge in [0, 0.05) is 18.3 Å². The highest BCUT2D eigenvalue weighted by Gasteiger charge is 2.12. The van der Waals surface area contributed by atoms with Crippen LogP contribution in [0, 0.1) is 0 Å². The van der Waals surface area contributed by atoms with Gasteiger partial charge in [-0.3, -0.25) is 4.68 Å². The molecule has 4 nitrogen and oxygen atoms in total. The molecule has 1 aromatic carbocycles. The summed E-state index contributed by atoms with van der Waals surface area (Å²) in [7, 11) is 0. The first-order chi connectivity index (χ1) is 8.88. The van der Waals surface area contributed by atoms with Gasteiger partial charge in [-0.25, -0.2) is 4.98 Å². The maximum atomic E-state index is 4.50. The van der Waals surface area contributed by atoms with E-state index in [4.69, 9.17) is 0 Å². The molecule has 2 aromatic heterocycles. The molecule has 2 heterocycles. The number of hydrogen-bond acceptors (Lipinski definition) is 2. The number of aryl methyl sites for hydroxylation is 1. The van der Waals surface area contributed by atoms with Gasteiger partial charge in [0.25, 0.3) is 0 Å². The van der Waals surface area contributed by atoms with Gasteiger partial charge in [0.2, 0.25) is 0 Å². The number of nitrogens with one attached hydrogen (secondary N) is 1. The van der Waals surface area contributed by atoms with Crippen LogP contribution in [0.15, 0.2) is 48.9 Å². The molecule has 3 rings (SSSR count). The van der Waals surface area contributed by atoms with Gasteiger partial charge < -0.3 is 4.98 Å². The van der Waals surface area contributed by atoms with Gasteiger partial charge in [0.1, 0.15) is 5.69 Å². The number of aromatic nitrogens is 4. The van der Waals surface area contributed by atoms with Gasteiger partial charge in [-0.05, 0) is 13.0 Å². The summed E-state index contributed by atoms with van der Waals surface area (Å²) >= 11 is 0. The van der Waals surface area contributed by atoms with Crippen molar-refractivity contribution in [2.45, 2.75) is 13.5 Å². The van der Waals surface area contributed by atoms with Crippen LogP contribution in [0.2, 0.25) is 0 Å². The van der Waals surface area contributed by atoms with Gasteiger partial charge in [-0.1, -0.05) is 30.3 Å². The molecule has 0 unspecified atom stereocenters. The van der Waals surface area contributed by atoms with Crippen LogP contribution in [0.1, 0.15) is 6.92 Å². The van der Waals surface area contributed by atoms with E-state index in [-0.39, 0.29) is 0 Å². The highest BCUT2D eigenvalue weighted by molar-refractivity contribution is 5.75. The number of nitrogens with zero attached hydrogens (tertiary/aromatic N) is 3. The van der Waals surface area contributed by atoms with Crippen molar-refractivity contribution in [2.75, 3.05) is 0 Å². The number of hydrogen-bond donors (Lipinski definition) is 1. The summed E-state index contributed by atoms with van der Waals surface area (Å²) in [6, 6.07) is 12.1. The fourth-order valence-electron chi connectivity index (χ4n) is 1.98. The Bertz CT molecular complexity index is 637. The highest BCUT2D eigenvalue weighted by atomic mass is 15.3. The SMILES string of the molecule is CCn1ccc(-c2[nH]cnc2-c2ccccc2)n1. The lowest BCUT2D eigenvalue weighted by atomic mass is 10.1. The van der Waals surface area contributed by atoms with Crippen molar-refractivity contribution in [2.24, 2.45) is 0 Å². The molecule has 0 amide bonds. The second kappa shape index (κ2) is 4.49. The van der Waals surface area contributed by atoms with E-state index in [0.29, 0.717) is 0 Å². The Morgan fingerprint density at radius 1 is 1.17 bits per heavy atom. The molecule has 0 bridgehead atoms. The molecular weight excluding hydrogens is 224 g/mol. The molecule has 0 aliphatic rings. The Balaban J connectivity index is 2.07. The predicted octanol–water partition coefficient (Wildman–Crippen LogP) is 2.96. The average molecular weight is 238 g/mol. The zero-order chi connectivity index (χ0) is 12.4. The van der Waals surface area contributed by atoms with E-state index >= 15 is 0 Å². The number of aromatic amines is 1. The van der Waals surface area contributed by atoms with Gasteiger partial charge in [0.05, 0.1) is 17.7 Å². The Kier molecular flexibility index (Phi) is 2.68. The summed E-state index contributed by atoms with van der Waals surface area (Å²) in [5.41, 5.74) is 3.93. The molecule has 1 N–H and O–H groups in total. The maximum absolute atomic E-state index is 4.50. The van der Waals surface area contributed by atoms with Gasteiger partial charge in [0.15, 0.2) is 0 Å². The minimum Gasteiger partial charge on any atom is -0.343 e. The Morgan fingerprint density at radius 2 is 2.00 bits per heavy atom. The van der Waals surface area contributed by atoms with E-state index in [0.717, 1.165) is 29.2 Å². The average Bonchev–Trinajstić information content (AvgIpc) is 3.08. The standard InChI is InChI=1S/C14H14N4/c1-2-18-9-8-12(17-18)14-13(15-10-16-14)11-6-4-3-5-7-11/h3-10H,2H2,1H3,(H,15,16). The predicted molar refractivity (Wildman–Crippen MR) is 70.9 cm³/mol. The van der Waals surface area contributed by atoms with Crippen molar-refractivity contribution in [3.63, 3.8) is 0 Å². The Labute approximate surface area is 105 Å². The lowest BCUT2D eigenvalue weighted by Crippen LogP contribution is -1.94. The molecule has 18 heavy (non-hydrogen) atoms. The van der Waals surface area contributed by atoms with Crippen molar-refractivity contribution in [3.8, 4) is 22.6 Å². The van der Waals surface area contributed by atoms with Crippen LogP contribution in [-0.2, 0) is 6.54 Å². The first-order valence-corrected chi connectivity index (χ1v) is 6.01. The largest absolute Gasteiger partial charge is 0.343 e. The molecule has 0 fully saturated rings. The topological polar surface area (TPSA) is 46.5 Å². The molecule has 4 heteroatoms. The number of H-pyrrole nitrogens is 1. The van der Waals surface area contributed by atoms with Crippen LogP contribution in [0.5, 0.6) is 0 Å². The van der Waals surface area contributed by atoms with Crippen LogP contribution in [-0.4, -0.2) is 19.7 Å². The lowest BCUT2D eigenvalue weighted by molar-refractivity contribution is 0.662. The highest BCUT2D eigenvalue weighted by Crippen LogP contribution is 2.27. The fraction of sp³-hybridized carbons (Fsp3) is 0.143. The number of imidazole rings is 1. The van der Waals surface area contributed by atoms with E-state index < -0.39 is 0 Å². The van der Waals surface area contributed by atoms with Crippen molar-refractivity contribution >= 4 is 0 Å². The first kappa shape index (κ1) is 10.8.